The van der Waals surface area contributed by atoms with E-state index < -0.39 is 23.5 Å². The Kier molecular flexibility index (Phi) is 5.81. The van der Waals surface area contributed by atoms with Gasteiger partial charge in [0, 0.05) is 15.3 Å². The van der Waals surface area contributed by atoms with Crippen molar-refractivity contribution in [1.82, 2.24) is 0 Å². The first kappa shape index (κ1) is 22.5. The van der Waals surface area contributed by atoms with Crippen LogP contribution in [0.5, 0.6) is 5.75 Å². The van der Waals surface area contributed by atoms with E-state index >= 15 is 0 Å². The lowest BCUT2D eigenvalue weighted by Crippen LogP contribution is -2.29. The number of aliphatic hydroxyl groups excluding tert-OH is 1. The highest BCUT2D eigenvalue weighted by atomic mass is 35.5. The molecular formula is C26H17Cl2NO4S. The Morgan fingerprint density at radius 3 is 2.53 bits per heavy atom. The van der Waals surface area contributed by atoms with E-state index in [0.717, 1.165) is 15.6 Å². The van der Waals surface area contributed by atoms with E-state index in [2.05, 4.69) is 0 Å². The number of halogens is 2. The summed E-state index contributed by atoms with van der Waals surface area (Å²) in [4.78, 5) is 29.0. The zero-order chi connectivity index (χ0) is 24.0. The maximum absolute atomic E-state index is 13.4. The summed E-state index contributed by atoms with van der Waals surface area (Å²) in [6.07, 6.45) is 0. The van der Waals surface area contributed by atoms with E-state index in [-0.39, 0.29) is 26.9 Å². The maximum atomic E-state index is 13.4. The lowest BCUT2D eigenvalue weighted by Gasteiger charge is -2.25. The van der Waals surface area contributed by atoms with E-state index in [0.29, 0.717) is 5.69 Å². The zero-order valence-corrected chi connectivity index (χ0v) is 20.1. The van der Waals surface area contributed by atoms with Gasteiger partial charge in [-0.05, 0) is 35.0 Å². The molecule has 5 nitrogen and oxygen atoms in total. The molecule has 1 atom stereocenters. The fourth-order valence-electron chi connectivity index (χ4n) is 4.30. The molecule has 2 heterocycles. The van der Waals surface area contributed by atoms with Crippen molar-refractivity contribution < 1.29 is 19.4 Å². The average Bonchev–Trinajstić information content (AvgIpc) is 3.45. The minimum absolute atomic E-state index is 0.0583. The summed E-state index contributed by atoms with van der Waals surface area (Å²) in [7, 11) is 1.40. The number of nitrogens with zero attached hydrogens (tertiary/aromatic N) is 1. The van der Waals surface area contributed by atoms with Gasteiger partial charge in [0.25, 0.3) is 11.7 Å². The fraction of sp³-hybridized carbons (Fsp3) is 0.0769. The Hall–Kier alpha value is -3.32. The molecule has 170 valence electrons. The lowest BCUT2D eigenvalue weighted by atomic mass is 9.98. The number of anilines is 1. The molecular weight excluding hydrogens is 493 g/mol. The van der Waals surface area contributed by atoms with Crippen LogP contribution in [0.1, 0.15) is 16.5 Å². The van der Waals surface area contributed by atoms with Gasteiger partial charge in [-0.3, -0.25) is 14.5 Å². The van der Waals surface area contributed by atoms with Crippen LogP contribution in [0.3, 0.4) is 0 Å². The molecule has 1 aliphatic rings. The third kappa shape index (κ3) is 3.55. The third-order valence-corrected chi connectivity index (χ3v) is 7.17. The second-order valence-electron chi connectivity index (χ2n) is 7.65. The highest BCUT2D eigenvalue weighted by Gasteiger charge is 2.48. The van der Waals surface area contributed by atoms with Gasteiger partial charge in [0.1, 0.15) is 17.6 Å². The predicted molar refractivity (Wildman–Crippen MR) is 136 cm³/mol. The van der Waals surface area contributed by atoms with Gasteiger partial charge in [0.15, 0.2) is 0 Å². The van der Waals surface area contributed by atoms with E-state index in [1.54, 1.807) is 6.07 Å². The summed E-state index contributed by atoms with van der Waals surface area (Å²) in [5.41, 5.74) is 0.656. The van der Waals surface area contributed by atoms with Gasteiger partial charge in [0.05, 0.1) is 29.0 Å². The highest BCUT2D eigenvalue weighted by Crippen LogP contribution is 2.47. The number of thiophene rings is 1. The normalized spacial score (nSPS) is 17.5. The smallest absolute Gasteiger partial charge is 0.300 e. The molecule has 0 bridgehead atoms. The number of hydrogen-bond acceptors (Lipinski definition) is 5. The van der Waals surface area contributed by atoms with Gasteiger partial charge in [-0.25, -0.2) is 0 Å². The lowest BCUT2D eigenvalue weighted by molar-refractivity contribution is -0.132. The summed E-state index contributed by atoms with van der Waals surface area (Å²) in [5.74, 6) is -1.78. The molecule has 4 aromatic rings. The van der Waals surface area contributed by atoms with Crippen molar-refractivity contribution in [3.63, 3.8) is 0 Å². The summed E-state index contributed by atoms with van der Waals surface area (Å²) in [5, 5.41) is 15.4. The van der Waals surface area contributed by atoms with Gasteiger partial charge >= 0.3 is 0 Å². The Morgan fingerprint density at radius 2 is 1.79 bits per heavy atom. The van der Waals surface area contributed by atoms with Gasteiger partial charge in [0.2, 0.25) is 0 Å². The van der Waals surface area contributed by atoms with Crippen molar-refractivity contribution >= 4 is 68.4 Å². The molecule has 1 aliphatic heterocycles. The van der Waals surface area contributed by atoms with Crippen LogP contribution in [0.15, 0.2) is 77.7 Å². The molecule has 1 aromatic heterocycles. The number of fused-ring (bicyclic) bond motifs is 1. The second kappa shape index (κ2) is 8.80. The first-order chi connectivity index (χ1) is 16.4. The first-order valence-electron chi connectivity index (χ1n) is 10.3. The third-order valence-electron chi connectivity index (χ3n) is 5.75. The Labute approximate surface area is 209 Å². The number of carbonyl (C=O) groups excluding carboxylic acids is 2. The summed E-state index contributed by atoms with van der Waals surface area (Å²) >= 11 is 13.8. The number of Topliss-reactive ketones (excluding diaryl/α,β-unsaturated/α-hetero) is 1. The van der Waals surface area contributed by atoms with E-state index in [1.807, 2.05) is 53.9 Å². The van der Waals surface area contributed by atoms with Crippen LogP contribution in [0.25, 0.3) is 16.5 Å². The number of methoxy groups -OCH3 is 1. The SMILES string of the molecule is COc1c(Cl)cc(Cl)cc1/C(O)=C1/C(=O)C(=O)N(c2cccc3ccccc23)C1c1cccs1. The van der Waals surface area contributed by atoms with Crippen LogP contribution >= 0.6 is 34.5 Å². The number of rotatable bonds is 4. The number of aliphatic hydroxyl groups is 1. The number of ether oxygens (including phenoxy) is 1. The van der Waals surface area contributed by atoms with Crippen molar-refractivity contribution in [2.45, 2.75) is 6.04 Å². The predicted octanol–water partition coefficient (Wildman–Crippen LogP) is 6.84. The molecule has 1 fully saturated rings. The van der Waals surface area contributed by atoms with Crippen LogP contribution in [-0.4, -0.2) is 23.9 Å². The molecule has 1 saturated heterocycles. The van der Waals surface area contributed by atoms with Crippen molar-refractivity contribution in [3.05, 3.63) is 98.2 Å². The van der Waals surface area contributed by atoms with E-state index in [9.17, 15) is 14.7 Å². The van der Waals surface area contributed by atoms with Crippen molar-refractivity contribution in [3.8, 4) is 5.75 Å². The van der Waals surface area contributed by atoms with Crippen molar-refractivity contribution in [2.24, 2.45) is 0 Å². The van der Waals surface area contributed by atoms with Crippen molar-refractivity contribution in [2.75, 3.05) is 12.0 Å². The van der Waals surface area contributed by atoms with Crippen LogP contribution in [0.4, 0.5) is 5.69 Å². The molecule has 0 spiro atoms. The number of benzene rings is 3. The standard InChI is InChI=1S/C26H17Cl2NO4S/c1-33-25-17(12-15(27)13-18(25)28)23(30)21-22(20-10-5-11-34-20)29(26(32)24(21)31)19-9-4-7-14-6-2-3-8-16(14)19/h2-13,22,30H,1H3/b23-21-. The Balaban J connectivity index is 1.80. The Bertz CT molecular complexity index is 1470. The monoisotopic (exact) mass is 509 g/mol. The maximum Gasteiger partial charge on any atom is 0.300 e. The fourth-order valence-corrected chi connectivity index (χ4v) is 5.70. The number of ketones is 1. The molecule has 3 aromatic carbocycles. The van der Waals surface area contributed by atoms with Crippen LogP contribution < -0.4 is 9.64 Å². The highest BCUT2D eigenvalue weighted by molar-refractivity contribution is 7.10. The molecule has 1 N–H and O–H groups in total. The minimum atomic E-state index is -0.840. The van der Waals surface area contributed by atoms with Crippen LogP contribution in [0, 0.1) is 0 Å². The zero-order valence-electron chi connectivity index (χ0n) is 17.8. The molecule has 0 aliphatic carbocycles. The van der Waals surface area contributed by atoms with Crippen LogP contribution in [-0.2, 0) is 9.59 Å². The minimum Gasteiger partial charge on any atom is -0.507 e. The van der Waals surface area contributed by atoms with Gasteiger partial charge in [-0.15, -0.1) is 11.3 Å². The van der Waals surface area contributed by atoms with Gasteiger partial charge in [-0.2, -0.15) is 0 Å². The summed E-state index contributed by atoms with van der Waals surface area (Å²) in [6.45, 7) is 0. The molecule has 1 unspecified atom stereocenters. The molecule has 34 heavy (non-hydrogen) atoms. The van der Waals surface area contributed by atoms with E-state index in [1.165, 1.54) is 35.5 Å². The number of carbonyl (C=O) groups is 2. The molecule has 1 amide bonds. The number of amides is 1. The van der Waals surface area contributed by atoms with Crippen LogP contribution in [0.2, 0.25) is 10.0 Å². The molecule has 8 heteroatoms. The second-order valence-corrected chi connectivity index (χ2v) is 9.47. The molecule has 5 rings (SSSR count). The average molecular weight is 510 g/mol. The first-order valence-corrected chi connectivity index (χ1v) is 11.9. The molecule has 0 saturated carbocycles. The van der Waals surface area contributed by atoms with E-state index in [4.69, 9.17) is 27.9 Å². The quantitative estimate of drug-likeness (QED) is 0.185. The summed E-state index contributed by atoms with van der Waals surface area (Å²) < 4.78 is 5.38. The van der Waals surface area contributed by atoms with Crippen molar-refractivity contribution in [1.29, 1.82) is 0 Å². The van der Waals surface area contributed by atoms with Gasteiger partial charge in [-0.1, -0.05) is 65.7 Å². The largest absolute Gasteiger partial charge is 0.507 e. The Morgan fingerprint density at radius 1 is 1.03 bits per heavy atom. The summed E-state index contributed by atoms with van der Waals surface area (Å²) in [6, 6.07) is 18.9. The topological polar surface area (TPSA) is 66.8 Å². The molecule has 0 radical (unpaired) electrons. The van der Waals surface area contributed by atoms with Gasteiger partial charge < -0.3 is 9.84 Å². The number of hydrogen-bond donors (Lipinski definition) is 1.